The number of benzene rings is 1. The van der Waals surface area contributed by atoms with Gasteiger partial charge in [0.15, 0.2) is 0 Å². The van der Waals surface area contributed by atoms with Crippen molar-refractivity contribution < 1.29 is 5.11 Å². The average molecular weight is 178 g/mol. The smallest absolute Gasteiger partial charge is 0.0866 e. The van der Waals surface area contributed by atoms with Crippen LogP contribution in [0, 0.1) is 13.8 Å². The molecule has 0 saturated heterocycles. The van der Waals surface area contributed by atoms with Crippen LogP contribution in [-0.2, 0) is 5.60 Å². The maximum atomic E-state index is 10.0. The van der Waals surface area contributed by atoms with Crippen LogP contribution >= 0.6 is 0 Å². The van der Waals surface area contributed by atoms with Crippen molar-refractivity contribution in [2.24, 2.45) is 0 Å². The standard InChI is InChI=1S/C12H18O/c1-5-12(4,13)11-7-6-9(2)10(3)8-11/h6-8,13H,5H2,1-4H3/t12-/m0/s1. The van der Waals surface area contributed by atoms with Crippen LogP contribution in [0.5, 0.6) is 0 Å². The highest BCUT2D eigenvalue weighted by atomic mass is 16.3. The second-order valence-electron chi connectivity index (χ2n) is 3.93. The lowest BCUT2D eigenvalue weighted by molar-refractivity contribution is 0.0530. The summed E-state index contributed by atoms with van der Waals surface area (Å²) >= 11 is 0. The van der Waals surface area contributed by atoms with Crippen LogP contribution in [0.3, 0.4) is 0 Å². The lowest BCUT2D eigenvalue weighted by atomic mass is 9.91. The van der Waals surface area contributed by atoms with Gasteiger partial charge in [-0.15, -0.1) is 0 Å². The monoisotopic (exact) mass is 178 g/mol. The molecule has 0 radical (unpaired) electrons. The number of hydrogen-bond donors (Lipinski definition) is 1. The van der Waals surface area contributed by atoms with Crippen molar-refractivity contribution in [3.05, 3.63) is 34.9 Å². The Labute approximate surface area is 80.4 Å². The summed E-state index contributed by atoms with van der Waals surface area (Å²) in [4.78, 5) is 0. The molecule has 1 N–H and O–H groups in total. The summed E-state index contributed by atoms with van der Waals surface area (Å²) in [5.74, 6) is 0. The maximum absolute atomic E-state index is 10.0. The Morgan fingerprint density at radius 1 is 1.23 bits per heavy atom. The third kappa shape index (κ3) is 2.10. The Hall–Kier alpha value is -0.820. The summed E-state index contributed by atoms with van der Waals surface area (Å²) in [6, 6.07) is 6.14. The van der Waals surface area contributed by atoms with Gasteiger partial charge in [-0.3, -0.25) is 0 Å². The summed E-state index contributed by atoms with van der Waals surface area (Å²) < 4.78 is 0. The van der Waals surface area contributed by atoms with Crippen LogP contribution < -0.4 is 0 Å². The second kappa shape index (κ2) is 3.51. The zero-order valence-corrected chi connectivity index (χ0v) is 8.89. The largest absolute Gasteiger partial charge is 0.385 e. The Bertz CT molecular complexity index is 300. The van der Waals surface area contributed by atoms with Gasteiger partial charge in [-0.05, 0) is 43.9 Å². The van der Waals surface area contributed by atoms with Gasteiger partial charge < -0.3 is 5.11 Å². The van der Waals surface area contributed by atoms with E-state index in [0.717, 1.165) is 12.0 Å². The number of aryl methyl sites for hydroxylation is 2. The number of rotatable bonds is 2. The molecule has 0 aliphatic rings. The molecule has 1 aromatic carbocycles. The molecule has 0 bridgehead atoms. The Kier molecular flexibility index (Phi) is 2.77. The molecule has 0 amide bonds. The van der Waals surface area contributed by atoms with E-state index in [1.54, 1.807) is 0 Å². The molecular weight excluding hydrogens is 160 g/mol. The van der Waals surface area contributed by atoms with E-state index in [1.165, 1.54) is 11.1 Å². The van der Waals surface area contributed by atoms with Crippen LogP contribution in [-0.4, -0.2) is 5.11 Å². The first-order valence-corrected chi connectivity index (χ1v) is 4.77. The number of aliphatic hydroxyl groups is 1. The van der Waals surface area contributed by atoms with Crippen molar-refractivity contribution in [2.45, 2.75) is 39.7 Å². The van der Waals surface area contributed by atoms with E-state index in [1.807, 2.05) is 19.9 Å². The van der Waals surface area contributed by atoms with Crippen molar-refractivity contribution in [1.29, 1.82) is 0 Å². The molecule has 0 saturated carbocycles. The van der Waals surface area contributed by atoms with Gasteiger partial charge in [0.25, 0.3) is 0 Å². The third-order valence-corrected chi connectivity index (χ3v) is 2.82. The van der Waals surface area contributed by atoms with E-state index >= 15 is 0 Å². The van der Waals surface area contributed by atoms with Gasteiger partial charge in [0.1, 0.15) is 0 Å². The molecule has 72 valence electrons. The van der Waals surface area contributed by atoms with Crippen LogP contribution in [0.1, 0.15) is 37.0 Å². The van der Waals surface area contributed by atoms with Gasteiger partial charge in [-0.1, -0.05) is 25.1 Å². The molecule has 0 spiro atoms. The summed E-state index contributed by atoms with van der Waals surface area (Å²) in [6.45, 7) is 8.01. The van der Waals surface area contributed by atoms with E-state index in [2.05, 4.69) is 26.0 Å². The topological polar surface area (TPSA) is 20.2 Å². The van der Waals surface area contributed by atoms with Gasteiger partial charge in [0.2, 0.25) is 0 Å². The highest BCUT2D eigenvalue weighted by molar-refractivity contribution is 5.32. The zero-order valence-electron chi connectivity index (χ0n) is 8.89. The Morgan fingerprint density at radius 2 is 1.85 bits per heavy atom. The van der Waals surface area contributed by atoms with E-state index in [0.29, 0.717) is 0 Å². The minimum absolute atomic E-state index is 0.682. The first kappa shape index (κ1) is 10.3. The molecule has 13 heavy (non-hydrogen) atoms. The molecule has 1 atom stereocenters. The fourth-order valence-electron chi connectivity index (χ4n) is 1.28. The molecule has 0 fully saturated rings. The van der Waals surface area contributed by atoms with Crippen molar-refractivity contribution in [2.75, 3.05) is 0 Å². The zero-order chi connectivity index (χ0) is 10.1. The van der Waals surface area contributed by atoms with Gasteiger partial charge in [-0.2, -0.15) is 0 Å². The fourth-order valence-corrected chi connectivity index (χ4v) is 1.28. The van der Waals surface area contributed by atoms with E-state index in [9.17, 15) is 5.11 Å². The third-order valence-electron chi connectivity index (χ3n) is 2.82. The van der Waals surface area contributed by atoms with Crippen molar-refractivity contribution in [1.82, 2.24) is 0 Å². The fraction of sp³-hybridized carbons (Fsp3) is 0.500. The minimum atomic E-state index is -0.682. The normalized spacial score (nSPS) is 15.5. The highest BCUT2D eigenvalue weighted by Gasteiger charge is 2.20. The average Bonchev–Trinajstić information content (AvgIpc) is 2.09. The Balaban J connectivity index is 3.10. The highest BCUT2D eigenvalue weighted by Crippen LogP contribution is 2.25. The molecule has 1 aromatic rings. The van der Waals surface area contributed by atoms with Crippen LogP contribution in [0.4, 0.5) is 0 Å². The molecule has 0 aromatic heterocycles. The van der Waals surface area contributed by atoms with Gasteiger partial charge in [0.05, 0.1) is 5.60 Å². The molecule has 0 aliphatic heterocycles. The summed E-state index contributed by atoms with van der Waals surface area (Å²) in [7, 11) is 0. The first-order valence-electron chi connectivity index (χ1n) is 4.77. The molecule has 0 aliphatic carbocycles. The minimum Gasteiger partial charge on any atom is -0.385 e. The van der Waals surface area contributed by atoms with E-state index < -0.39 is 5.60 Å². The second-order valence-corrected chi connectivity index (χ2v) is 3.93. The molecule has 0 heterocycles. The SMILES string of the molecule is CC[C@](C)(O)c1ccc(C)c(C)c1. The first-order chi connectivity index (χ1) is 5.97. The summed E-state index contributed by atoms with van der Waals surface area (Å²) in [5, 5.41) is 10.0. The summed E-state index contributed by atoms with van der Waals surface area (Å²) in [5.41, 5.74) is 2.85. The molecular formula is C12H18O. The Morgan fingerprint density at radius 3 is 2.31 bits per heavy atom. The van der Waals surface area contributed by atoms with Gasteiger partial charge in [-0.25, -0.2) is 0 Å². The predicted octanol–water partition coefficient (Wildman–Crippen LogP) is 2.92. The number of hydrogen-bond acceptors (Lipinski definition) is 1. The van der Waals surface area contributed by atoms with Crippen LogP contribution in [0.15, 0.2) is 18.2 Å². The molecule has 1 nitrogen and oxygen atoms in total. The van der Waals surface area contributed by atoms with Crippen molar-refractivity contribution >= 4 is 0 Å². The quantitative estimate of drug-likeness (QED) is 0.738. The van der Waals surface area contributed by atoms with Crippen molar-refractivity contribution in [3.63, 3.8) is 0 Å². The van der Waals surface area contributed by atoms with Crippen molar-refractivity contribution in [3.8, 4) is 0 Å². The van der Waals surface area contributed by atoms with Crippen LogP contribution in [0.2, 0.25) is 0 Å². The van der Waals surface area contributed by atoms with Crippen LogP contribution in [0.25, 0.3) is 0 Å². The van der Waals surface area contributed by atoms with E-state index in [-0.39, 0.29) is 0 Å². The molecule has 0 unspecified atom stereocenters. The lowest BCUT2D eigenvalue weighted by Crippen LogP contribution is -2.19. The predicted molar refractivity (Wildman–Crippen MR) is 55.8 cm³/mol. The van der Waals surface area contributed by atoms with Gasteiger partial charge in [0, 0.05) is 0 Å². The summed E-state index contributed by atoms with van der Waals surface area (Å²) in [6.07, 6.45) is 0.746. The molecule has 1 heteroatoms. The lowest BCUT2D eigenvalue weighted by Gasteiger charge is -2.22. The molecule has 1 rings (SSSR count). The maximum Gasteiger partial charge on any atom is 0.0866 e. The van der Waals surface area contributed by atoms with Gasteiger partial charge >= 0.3 is 0 Å². The van der Waals surface area contributed by atoms with E-state index in [4.69, 9.17) is 0 Å².